The van der Waals surface area contributed by atoms with Crippen molar-refractivity contribution >= 4 is 0 Å². The van der Waals surface area contributed by atoms with Crippen LogP contribution >= 0.6 is 0 Å². The molecule has 2 aromatic rings. The summed E-state index contributed by atoms with van der Waals surface area (Å²) in [5, 5.41) is 10.5. The van der Waals surface area contributed by atoms with Crippen molar-refractivity contribution in [1.82, 2.24) is 0 Å². The first-order valence-electron chi connectivity index (χ1n) is 7.80. The van der Waals surface area contributed by atoms with Gasteiger partial charge in [-0.25, -0.2) is 0 Å². The first kappa shape index (κ1) is 16.0. The molecule has 2 atom stereocenters. The SMILES string of the molecule is CC1(C)OC[C@H](C(O)c2cccc(OCc3ccccc3)c2)O1. The van der Waals surface area contributed by atoms with Crippen molar-refractivity contribution in [2.24, 2.45) is 0 Å². The number of benzene rings is 2. The molecule has 1 aliphatic heterocycles. The fraction of sp³-hybridized carbons (Fsp3) is 0.368. The maximum Gasteiger partial charge on any atom is 0.163 e. The standard InChI is InChI=1S/C19H22O4/c1-19(2)22-13-17(23-19)18(20)15-9-6-10-16(11-15)21-12-14-7-4-3-5-8-14/h3-11,17-18,20H,12-13H2,1-2H3/t17-,18?/m1/s1. The molecular formula is C19H22O4. The highest BCUT2D eigenvalue weighted by atomic mass is 16.7. The molecule has 122 valence electrons. The zero-order chi connectivity index (χ0) is 16.3. The highest BCUT2D eigenvalue weighted by molar-refractivity contribution is 5.31. The summed E-state index contributed by atoms with van der Waals surface area (Å²) in [6, 6.07) is 17.5. The highest BCUT2D eigenvalue weighted by Crippen LogP contribution is 2.31. The normalized spacial score (nSPS) is 21.1. The number of hydrogen-bond donors (Lipinski definition) is 1. The topological polar surface area (TPSA) is 47.9 Å². The lowest BCUT2D eigenvalue weighted by Crippen LogP contribution is -2.25. The van der Waals surface area contributed by atoms with Gasteiger partial charge in [-0.15, -0.1) is 0 Å². The van der Waals surface area contributed by atoms with Gasteiger partial charge in [0.1, 0.15) is 24.6 Å². The van der Waals surface area contributed by atoms with E-state index in [2.05, 4.69) is 0 Å². The minimum atomic E-state index is -0.739. The predicted octanol–water partition coefficient (Wildman–Crippen LogP) is 3.45. The van der Waals surface area contributed by atoms with Crippen molar-refractivity contribution in [2.75, 3.05) is 6.61 Å². The van der Waals surface area contributed by atoms with E-state index in [4.69, 9.17) is 14.2 Å². The molecule has 1 N–H and O–H groups in total. The molecule has 0 amide bonds. The molecule has 0 bridgehead atoms. The van der Waals surface area contributed by atoms with E-state index >= 15 is 0 Å². The van der Waals surface area contributed by atoms with Crippen molar-refractivity contribution in [1.29, 1.82) is 0 Å². The largest absolute Gasteiger partial charge is 0.489 e. The van der Waals surface area contributed by atoms with Gasteiger partial charge in [-0.05, 0) is 37.1 Å². The van der Waals surface area contributed by atoms with Crippen molar-refractivity contribution in [2.45, 2.75) is 38.4 Å². The Bertz CT molecular complexity index is 639. The molecule has 1 aliphatic rings. The van der Waals surface area contributed by atoms with Crippen LogP contribution in [0.4, 0.5) is 0 Å². The number of hydrogen-bond acceptors (Lipinski definition) is 4. The van der Waals surface area contributed by atoms with E-state index in [0.29, 0.717) is 13.2 Å². The Labute approximate surface area is 136 Å². The Balaban J connectivity index is 1.65. The Hall–Kier alpha value is -1.88. The summed E-state index contributed by atoms with van der Waals surface area (Å²) in [5.74, 6) is 0.0798. The summed E-state index contributed by atoms with van der Waals surface area (Å²) < 4.78 is 17.0. The molecule has 1 unspecified atom stereocenters. The zero-order valence-electron chi connectivity index (χ0n) is 13.4. The molecular weight excluding hydrogens is 292 g/mol. The number of ether oxygens (including phenoxy) is 3. The molecule has 1 saturated heterocycles. The summed E-state index contributed by atoms with van der Waals surface area (Å²) in [6.07, 6.45) is -1.11. The smallest absolute Gasteiger partial charge is 0.163 e. The van der Waals surface area contributed by atoms with Gasteiger partial charge in [0.25, 0.3) is 0 Å². The van der Waals surface area contributed by atoms with Gasteiger partial charge in [0.2, 0.25) is 0 Å². The predicted molar refractivity (Wildman–Crippen MR) is 87.1 cm³/mol. The molecule has 4 heteroatoms. The number of rotatable bonds is 5. The molecule has 0 saturated carbocycles. The van der Waals surface area contributed by atoms with Gasteiger partial charge in [-0.1, -0.05) is 42.5 Å². The van der Waals surface area contributed by atoms with Crippen LogP contribution in [-0.2, 0) is 16.1 Å². The van der Waals surface area contributed by atoms with Crippen molar-refractivity contribution in [3.8, 4) is 5.75 Å². The van der Waals surface area contributed by atoms with Gasteiger partial charge in [-0.2, -0.15) is 0 Å². The molecule has 0 spiro atoms. The fourth-order valence-corrected chi connectivity index (χ4v) is 2.61. The Morgan fingerprint density at radius 1 is 1.17 bits per heavy atom. The van der Waals surface area contributed by atoms with Crippen molar-refractivity contribution in [3.63, 3.8) is 0 Å². The van der Waals surface area contributed by atoms with Gasteiger partial charge in [0.15, 0.2) is 5.79 Å². The number of aliphatic hydroxyl groups is 1. The van der Waals surface area contributed by atoms with E-state index in [1.54, 1.807) is 0 Å². The lowest BCUT2D eigenvalue weighted by molar-refractivity contribution is -0.151. The van der Waals surface area contributed by atoms with E-state index in [9.17, 15) is 5.11 Å². The molecule has 2 aromatic carbocycles. The van der Waals surface area contributed by atoms with Crippen LogP contribution in [0.15, 0.2) is 54.6 Å². The Morgan fingerprint density at radius 3 is 2.65 bits per heavy atom. The Morgan fingerprint density at radius 2 is 1.96 bits per heavy atom. The monoisotopic (exact) mass is 314 g/mol. The fourth-order valence-electron chi connectivity index (χ4n) is 2.61. The zero-order valence-corrected chi connectivity index (χ0v) is 13.4. The maximum atomic E-state index is 10.5. The molecule has 23 heavy (non-hydrogen) atoms. The third-order valence-electron chi connectivity index (χ3n) is 3.83. The molecule has 3 rings (SSSR count). The third kappa shape index (κ3) is 4.10. The van der Waals surface area contributed by atoms with Crippen LogP contribution in [0.1, 0.15) is 31.1 Å². The van der Waals surface area contributed by atoms with E-state index < -0.39 is 11.9 Å². The molecule has 0 aliphatic carbocycles. The average molecular weight is 314 g/mol. The summed E-state index contributed by atoms with van der Waals surface area (Å²) in [6.45, 7) is 4.57. The second-order valence-electron chi connectivity index (χ2n) is 6.16. The third-order valence-corrected chi connectivity index (χ3v) is 3.83. The van der Waals surface area contributed by atoms with Gasteiger partial charge in [-0.3, -0.25) is 0 Å². The first-order chi connectivity index (χ1) is 11.0. The van der Waals surface area contributed by atoms with Gasteiger partial charge in [0.05, 0.1) is 6.61 Å². The van der Waals surface area contributed by atoms with Crippen LogP contribution in [0.3, 0.4) is 0 Å². The minimum Gasteiger partial charge on any atom is -0.489 e. The summed E-state index contributed by atoms with van der Waals surface area (Å²) in [7, 11) is 0. The Kier molecular flexibility index (Phi) is 4.66. The second-order valence-corrected chi connectivity index (χ2v) is 6.16. The van der Waals surface area contributed by atoms with E-state index in [-0.39, 0.29) is 6.10 Å². The molecule has 4 nitrogen and oxygen atoms in total. The van der Waals surface area contributed by atoms with Crippen LogP contribution in [0.5, 0.6) is 5.75 Å². The summed E-state index contributed by atoms with van der Waals surface area (Å²) in [5.41, 5.74) is 1.87. The quantitative estimate of drug-likeness (QED) is 0.918. The average Bonchev–Trinajstić information content (AvgIpc) is 2.93. The van der Waals surface area contributed by atoms with E-state index in [1.165, 1.54) is 0 Å². The van der Waals surface area contributed by atoms with Gasteiger partial charge in [0, 0.05) is 0 Å². The molecule has 1 fully saturated rings. The van der Waals surface area contributed by atoms with E-state index in [1.807, 2.05) is 68.4 Å². The maximum absolute atomic E-state index is 10.5. The van der Waals surface area contributed by atoms with Gasteiger partial charge >= 0.3 is 0 Å². The van der Waals surface area contributed by atoms with Crippen LogP contribution < -0.4 is 4.74 Å². The van der Waals surface area contributed by atoms with Crippen LogP contribution in [0, 0.1) is 0 Å². The second kappa shape index (κ2) is 6.71. The lowest BCUT2D eigenvalue weighted by atomic mass is 10.0. The minimum absolute atomic E-state index is 0.366. The molecule has 0 aromatic heterocycles. The van der Waals surface area contributed by atoms with Crippen LogP contribution in [-0.4, -0.2) is 23.6 Å². The number of aliphatic hydroxyl groups excluding tert-OH is 1. The van der Waals surface area contributed by atoms with Crippen molar-refractivity contribution < 1.29 is 19.3 Å². The molecule has 0 radical (unpaired) electrons. The van der Waals surface area contributed by atoms with E-state index in [0.717, 1.165) is 16.9 Å². The van der Waals surface area contributed by atoms with Gasteiger partial charge < -0.3 is 19.3 Å². The summed E-state index contributed by atoms with van der Waals surface area (Å²) in [4.78, 5) is 0. The first-order valence-corrected chi connectivity index (χ1v) is 7.80. The van der Waals surface area contributed by atoms with Crippen LogP contribution in [0.2, 0.25) is 0 Å². The molecule has 1 heterocycles. The summed E-state index contributed by atoms with van der Waals surface area (Å²) >= 11 is 0. The van der Waals surface area contributed by atoms with Crippen LogP contribution in [0.25, 0.3) is 0 Å². The lowest BCUT2D eigenvalue weighted by Gasteiger charge is -2.21. The van der Waals surface area contributed by atoms with Crippen molar-refractivity contribution in [3.05, 3.63) is 65.7 Å². The highest BCUT2D eigenvalue weighted by Gasteiger charge is 2.37.